The summed E-state index contributed by atoms with van der Waals surface area (Å²) in [5.74, 6) is 1.15. The molecule has 1 saturated heterocycles. The number of nitrogens with zero attached hydrogens (tertiary/aromatic N) is 5. The lowest BCUT2D eigenvalue weighted by atomic mass is 10.1. The summed E-state index contributed by atoms with van der Waals surface area (Å²) in [5.41, 5.74) is 4.87. The molecule has 0 radical (unpaired) electrons. The summed E-state index contributed by atoms with van der Waals surface area (Å²) in [6.45, 7) is 9.87. The maximum absolute atomic E-state index is 13.3. The van der Waals surface area contributed by atoms with Gasteiger partial charge in [0, 0.05) is 54.6 Å². The highest BCUT2D eigenvalue weighted by atomic mass is 35.5. The Morgan fingerprint density at radius 2 is 1.82 bits per heavy atom. The van der Waals surface area contributed by atoms with Gasteiger partial charge >= 0.3 is 0 Å². The van der Waals surface area contributed by atoms with Crippen molar-refractivity contribution in [2.75, 3.05) is 31.1 Å². The third kappa shape index (κ3) is 4.45. The highest BCUT2D eigenvalue weighted by Crippen LogP contribution is 2.23. The number of hydrogen-bond donors (Lipinski definition) is 1. The Morgan fingerprint density at radius 3 is 2.56 bits per heavy atom. The van der Waals surface area contributed by atoms with Gasteiger partial charge in [-0.3, -0.25) is 9.69 Å². The molecule has 5 rings (SSSR count). The second-order valence-electron chi connectivity index (χ2n) is 9.08. The first-order valence-electron chi connectivity index (χ1n) is 11.7. The molecule has 1 aliphatic rings. The van der Waals surface area contributed by atoms with E-state index in [2.05, 4.69) is 63.0 Å². The summed E-state index contributed by atoms with van der Waals surface area (Å²) < 4.78 is 1.40. The molecule has 8 heteroatoms. The molecule has 3 heterocycles. The number of benzene rings is 2. The van der Waals surface area contributed by atoms with Crippen LogP contribution in [0.15, 0.2) is 53.3 Å². The van der Waals surface area contributed by atoms with E-state index in [4.69, 9.17) is 11.6 Å². The Hall–Kier alpha value is -3.16. The Labute approximate surface area is 204 Å². The normalized spacial score (nSPS) is 15.7. The Morgan fingerprint density at radius 1 is 1.06 bits per heavy atom. The van der Waals surface area contributed by atoms with E-state index < -0.39 is 0 Å². The Bertz CT molecular complexity index is 1390. The van der Waals surface area contributed by atoms with E-state index in [1.54, 1.807) is 0 Å². The molecule has 0 aliphatic carbocycles. The topological polar surface area (TPSA) is 69.5 Å². The molecule has 1 N–H and O–H groups in total. The highest BCUT2D eigenvalue weighted by Gasteiger charge is 2.26. The van der Waals surface area contributed by atoms with Crippen LogP contribution in [0.1, 0.15) is 41.2 Å². The predicted octanol–water partition coefficient (Wildman–Crippen LogP) is 4.16. The lowest BCUT2D eigenvalue weighted by Crippen LogP contribution is -2.47. The van der Waals surface area contributed by atoms with E-state index in [-0.39, 0.29) is 11.6 Å². The second-order valence-corrected chi connectivity index (χ2v) is 9.52. The lowest BCUT2D eigenvalue weighted by Gasteiger charge is -2.38. The first kappa shape index (κ1) is 22.6. The quantitative estimate of drug-likeness (QED) is 0.468. The third-order valence-corrected chi connectivity index (χ3v) is 6.93. The van der Waals surface area contributed by atoms with Crippen LogP contribution in [0.3, 0.4) is 0 Å². The monoisotopic (exact) mass is 476 g/mol. The van der Waals surface area contributed by atoms with Crippen molar-refractivity contribution in [2.45, 2.75) is 33.2 Å². The fourth-order valence-corrected chi connectivity index (χ4v) is 4.89. The smallest absolute Gasteiger partial charge is 0.279 e. The van der Waals surface area contributed by atoms with Crippen LogP contribution in [0.4, 0.5) is 5.69 Å². The van der Waals surface area contributed by atoms with E-state index in [9.17, 15) is 4.79 Å². The number of piperazine rings is 1. The molecule has 0 amide bonds. The van der Waals surface area contributed by atoms with E-state index in [1.165, 1.54) is 15.8 Å². The number of anilines is 1. The highest BCUT2D eigenvalue weighted by molar-refractivity contribution is 6.30. The molecule has 1 fully saturated rings. The van der Waals surface area contributed by atoms with Crippen LogP contribution < -0.4 is 10.5 Å². The number of hydrogen-bond acceptors (Lipinski definition) is 5. The predicted molar refractivity (Wildman–Crippen MR) is 136 cm³/mol. The maximum atomic E-state index is 13.3. The summed E-state index contributed by atoms with van der Waals surface area (Å²) in [5, 5.41) is 5.28. The van der Waals surface area contributed by atoms with Gasteiger partial charge in [0.25, 0.3) is 5.56 Å². The minimum absolute atomic E-state index is 0.0176. The molecule has 34 heavy (non-hydrogen) atoms. The summed E-state index contributed by atoms with van der Waals surface area (Å²) in [4.78, 5) is 26.0. The van der Waals surface area contributed by atoms with Crippen molar-refractivity contribution in [3.05, 3.63) is 92.1 Å². The molecule has 0 bridgehead atoms. The molecule has 0 spiro atoms. The molecule has 176 valence electrons. The van der Waals surface area contributed by atoms with Crippen molar-refractivity contribution in [2.24, 2.45) is 0 Å². The van der Waals surface area contributed by atoms with Crippen molar-refractivity contribution in [1.82, 2.24) is 24.5 Å². The minimum atomic E-state index is -0.138. The number of nitrogens with one attached hydrogen (secondary N) is 1. The van der Waals surface area contributed by atoms with Crippen molar-refractivity contribution in [3.8, 4) is 0 Å². The van der Waals surface area contributed by atoms with Crippen LogP contribution in [0.25, 0.3) is 5.78 Å². The molecule has 2 aromatic heterocycles. The zero-order chi connectivity index (χ0) is 23.8. The fourth-order valence-electron chi connectivity index (χ4n) is 4.67. The zero-order valence-corrected chi connectivity index (χ0v) is 20.5. The average Bonchev–Trinajstić information content (AvgIpc) is 3.26. The van der Waals surface area contributed by atoms with Gasteiger partial charge in [-0.05, 0) is 56.2 Å². The second kappa shape index (κ2) is 9.24. The molecule has 0 saturated carbocycles. The summed E-state index contributed by atoms with van der Waals surface area (Å²) in [7, 11) is 0. The SMILES string of the molecule is Cc1cccc(N2CCN(C(C)c3nc4[nH]c(C)c(Cc5cccc(Cl)c5)c(=O)n4n3)CC2)c1. The number of fused-ring (bicyclic) bond motifs is 1. The summed E-state index contributed by atoms with van der Waals surface area (Å²) in [6.07, 6.45) is 0.489. The van der Waals surface area contributed by atoms with Gasteiger partial charge in [0.2, 0.25) is 5.78 Å². The molecule has 7 nitrogen and oxygen atoms in total. The van der Waals surface area contributed by atoms with Gasteiger partial charge in [0.1, 0.15) is 0 Å². The van der Waals surface area contributed by atoms with Crippen LogP contribution in [0, 0.1) is 13.8 Å². The van der Waals surface area contributed by atoms with Gasteiger partial charge in [-0.25, -0.2) is 0 Å². The average molecular weight is 477 g/mol. The van der Waals surface area contributed by atoms with Gasteiger partial charge in [-0.15, -0.1) is 5.10 Å². The van der Waals surface area contributed by atoms with E-state index in [0.29, 0.717) is 28.6 Å². The molecular weight excluding hydrogens is 448 g/mol. The van der Waals surface area contributed by atoms with Crippen molar-refractivity contribution in [3.63, 3.8) is 0 Å². The molecule has 1 atom stereocenters. The summed E-state index contributed by atoms with van der Waals surface area (Å²) in [6, 6.07) is 16.2. The van der Waals surface area contributed by atoms with Crippen molar-refractivity contribution in [1.29, 1.82) is 0 Å². The number of aromatic amines is 1. The van der Waals surface area contributed by atoms with Crippen LogP contribution in [0.2, 0.25) is 5.02 Å². The minimum Gasteiger partial charge on any atom is -0.369 e. The molecular formula is C26H29ClN6O. The molecule has 1 aliphatic heterocycles. The number of halogens is 1. The molecule has 1 unspecified atom stereocenters. The van der Waals surface area contributed by atoms with Gasteiger partial charge < -0.3 is 9.88 Å². The van der Waals surface area contributed by atoms with Crippen molar-refractivity contribution < 1.29 is 0 Å². The van der Waals surface area contributed by atoms with Gasteiger partial charge in [0.15, 0.2) is 5.82 Å². The molecule has 2 aromatic carbocycles. The van der Waals surface area contributed by atoms with Gasteiger partial charge in [-0.2, -0.15) is 9.50 Å². The Kier molecular flexibility index (Phi) is 6.15. The number of aryl methyl sites for hydroxylation is 2. The Balaban J connectivity index is 1.35. The number of H-pyrrole nitrogens is 1. The van der Waals surface area contributed by atoms with E-state index >= 15 is 0 Å². The van der Waals surface area contributed by atoms with Gasteiger partial charge in [-0.1, -0.05) is 35.9 Å². The zero-order valence-electron chi connectivity index (χ0n) is 19.8. The first-order chi connectivity index (χ1) is 16.4. The fraction of sp³-hybridized carbons (Fsp3) is 0.346. The molecule has 4 aromatic rings. The van der Waals surface area contributed by atoms with Crippen LogP contribution in [-0.2, 0) is 6.42 Å². The maximum Gasteiger partial charge on any atom is 0.279 e. The van der Waals surface area contributed by atoms with E-state index in [1.807, 2.05) is 31.2 Å². The number of rotatable bonds is 5. The van der Waals surface area contributed by atoms with Crippen LogP contribution in [0.5, 0.6) is 0 Å². The van der Waals surface area contributed by atoms with Crippen LogP contribution in [-0.4, -0.2) is 50.7 Å². The lowest BCUT2D eigenvalue weighted by molar-refractivity contribution is 0.192. The van der Waals surface area contributed by atoms with Gasteiger partial charge in [0.05, 0.1) is 6.04 Å². The van der Waals surface area contributed by atoms with Crippen LogP contribution >= 0.6 is 11.6 Å². The summed E-state index contributed by atoms with van der Waals surface area (Å²) >= 11 is 6.13. The third-order valence-electron chi connectivity index (χ3n) is 6.70. The van der Waals surface area contributed by atoms with E-state index in [0.717, 1.165) is 37.4 Å². The number of aromatic nitrogens is 4. The standard InChI is InChI=1S/C26H29ClN6O/c1-17-6-4-9-22(14-17)32-12-10-31(11-13-32)19(3)24-29-26-28-18(2)23(25(34)33(26)30-24)16-20-7-5-8-21(27)15-20/h4-9,14-15,19H,10-13,16H2,1-3H3,(H,28,29,30). The first-order valence-corrected chi connectivity index (χ1v) is 12.1. The van der Waals surface area contributed by atoms with Crippen molar-refractivity contribution >= 4 is 23.1 Å². The largest absolute Gasteiger partial charge is 0.369 e.